The summed E-state index contributed by atoms with van der Waals surface area (Å²) in [6, 6.07) is 0. The van der Waals surface area contributed by atoms with Crippen molar-refractivity contribution in [2.45, 2.75) is 45.8 Å². The van der Waals surface area contributed by atoms with Crippen LogP contribution in [0.3, 0.4) is 0 Å². The summed E-state index contributed by atoms with van der Waals surface area (Å²) in [4.78, 5) is 25.6. The zero-order valence-electron chi connectivity index (χ0n) is 13.1. The van der Waals surface area contributed by atoms with Gasteiger partial charge in [0.05, 0.1) is 18.6 Å². The number of likely N-dealkylation sites (tertiary alicyclic amines) is 1. The lowest BCUT2D eigenvalue weighted by Crippen LogP contribution is -2.49. The molecular formula is C15H25NO5. The van der Waals surface area contributed by atoms with E-state index in [1.54, 1.807) is 11.8 Å². The molecule has 0 aliphatic carbocycles. The van der Waals surface area contributed by atoms with Gasteiger partial charge in [0.25, 0.3) is 0 Å². The van der Waals surface area contributed by atoms with Crippen LogP contribution in [0.1, 0.15) is 40.0 Å². The first-order chi connectivity index (χ1) is 9.79. The van der Waals surface area contributed by atoms with Crippen molar-refractivity contribution in [1.82, 2.24) is 4.90 Å². The zero-order valence-corrected chi connectivity index (χ0v) is 13.1. The summed E-state index contributed by atoms with van der Waals surface area (Å²) >= 11 is 0. The van der Waals surface area contributed by atoms with Gasteiger partial charge in [0, 0.05) is 32.4 Å². The van der Waals surface area contributed by atoms with Gasteiger partial charge in [-0.15, -0.1) is 0 Å². The number of amides is 1. The van der Waals surface area contributed by atoms with Crippen LogP contribution in [0.2, 0.25) is 0 Å². The molecule has 1 spiro atoms. The van der Waals surface area contributed by atoms with E-state index in [4.69, 9.17) is 9.47 Å². The monoisotopic (exact) mass is 299 g/mol. The topological polar surface area (TPSA) is 76.1 Å². The Balaban J connectivity index is 1.94. The van der Waals surface area contributed by atoms with Crippen LogP contribution in [-0.2, 0) is 19.1 Å². The number of carbonyl (C=O) groups is 2. The molecule has 0 bridgehead atoms. The number of hydrogen-bond acceptors (Lipinski definition) is 4. The van der Waals surface area contributed by atoms with Crippen LogP contribution in [0, 0.1) is 11.3 Å². The van der Waals surface area contributed by atoms with E-state index in [0.717, 1.165) is 0 Å². The zero-order chi connectivity index (χ0) is 15.7. The van der Waals surface area contributed by atoms with Crippen LogP contribution < -0.4 is 0 Å². The number of aliphatic carboxylic acids is 1. The molecule has 2 rings (SSSR count). The number of rotatable bonds is 4. The minimum atomic E-state index is -1.02. The Morgan fingerprint density at radius 3 is 2.19 bits per heavy atom. The second kappa shape index (κ2) is 5.93. The van der Waals surface area contributed by atoms with Crippen LogP contribution >= 0.6 is 0 Å². The maximum absolute atomic E-state index is 12.4. The van der Waals surface area contributed by atoms with E-state index in [1.165, 1.54) is 0 Å². The molecule has 0 radical (unpaired) electrons. The summed E-state index contributed by atoms with van der Waals surface area (Å²) in [5.41, 5.74) is -1.02. The number of nitrogens with zero attached hydrogens (tertiary/aromatic N) is 1. The number of ether oxygens (including phenoxy) is 2. The minimum Gasteiger partial charge on any atom is -0.481 e. The van der Waals surface area contributed by atoms with E-state index in [2.05, 4.69) is 0 Å². The number of piperidine rings is 1. The van der Waals surface area contributed by atoms with Crippen LogP contribution in [0.15, 0.2) is 0 Å². The van der Waals surface area contributed by atoms with E-state index in [9.17, 15) is 14.7 Å². The minimum absolute atomic E-state index is 0.0364. The van der Waals surface area contributed by atoms with Gasteiger partial charge in [0.2, 0.25) is 5.91 Å². The first-order valence-corrected chi connectivity index (χ1v) is 7.58. The van der Waals surface area contributed by atoms with Crippen LogP contribution in [-0.4, -0.2) is 54.0 Å². The molecule has 2 heterocycles. The quantitative estimate of drug-likeness (QED) is 0.851. The predicted molar refractivity (Wildman–Crippen MR) is 75.6 cm³/mol. The molecule has 1 atom stereocenters. The molecule has 6 heteroatoms. The van der Waals surface area contributed by atoms with Crippen molar-refractivity contribution < 1.29 is 24.2 Å². The van der Waals surface area contributed by atoms with E-state index in [1.807, 2.05) is 13.8 Å². The fourth-order valence-electron chi connectivity index (χ4n) is 2.84. The number of carboxylic acid groups (broad SMARTS) is 1. The molecule has 6 nitrogen and oxygen atoms in total. The van der Waals surface area contributed by atoms with Gasteiger partial charge in [0.1, 0.15) is 0 Å². The van der Waals surface area contributed by atoms with Crippen molar-refractivity contribution in [2.75, 3.05) is 26.3 Å². The second-order valence-corrected chi connectivity index (χ2v) is 6.54. The summed E-state index contributed by atoms with van der Waals surface area (Å²) in [5, 5.41) is 9.41. The third-order valence-electron chi connectivity index (χ3n) is 4.97. The molecule has 0 aromatic rings. The summed E-state index contributed by atoms with van der Waals surface area (Å²) < 4.78 is 11.3. The average molecular weight is 299 g/mol. The van der Waals surface area contributed by atoms with E-state index < -0.39 is 17.2 Å². The van der Waals surface area contributed by atoms with Crippen LogP contribution in [0.5, 0.6) is 0 Å². The van der Waals surface area contributed by atoms with E-state index >= 15 is 0 Å². The predicted octanol–water partition coefficient (Wildman–Crippen LogP) is 1.49. The third kappa shape index (κ3) is 3.21. The average Bonchev–Trinajstić information content (AvgIpc) is 2.87. The smallest absolute Gasteiger partial charge is 0.310 e. The largest absolute Gasteiger partial charge is 0.481 e. The van der Waals surface area contributed by atoms with Crippen molar-refractivity contribution in [2.24, 2.45) is 11.3 Å². The molecular weight excluding hydrogens is 274 g/mol. The first-order valence-electron chi connectivity index (χ1n) is 7.58. The van der Waals surface area contributed by atoms with Gasteiger partial charge in [-0.1, -0.05) is 13.8 Å². The fraction of sp³-hybridized carbons (Fsp3) is 0.867. The lowest BCUT2D eigenvalue weighted by molar-refractivity contribution is -0.188. The Morgan fingerprint density at radius 1 is 1.24 bits per heavy atom. The first kappa shape index (κ1) is 16.2. The number of hydrogen-bond donors (Lipinski definition) is 1. The molecule has 120 valence electrons. The van der Waals surface area contributed by atoms with Crippen LogP contribution in [0.4, 0.5) is 0 Å². The maximum Gasteiger partial charge on any atom is 0.310 e. The van der Waals surface area contributed by atoms with E-state index in [0.29, 0.717) is 39.1 Å². The molecule has 1 unspecified atom stereocenters. The van der Waals surface area contributed by atoms with Crippen molar-refractivity contribution >= 4 is 11.9 Å². The SMILES string of the molecule is CC(C)C(C)(CC(=O)N1CCC2(CC1)OCCO2)C(=O)O. The molecule has 1 amide bonds. The Morgan fingerprint density at radius 2 is 1.76 bits per heavy atom. The van der Waals surface area contributed by atoms with Gasteiger partial charge in [-0.05, 0) is 12.8 Å². The fourth-order valence-corrected chi connectivity index (χ4v) is 2.84. The van der Waals surface area contributed by atoms with Crippen molar-refractivity contribution in [1.29, 1.82) is 0 Å². The van der Waals surface area contributed by atoms with Crippen molar-refractivity contribution in [3.63, 3.8) is 0 Å². The molecule has 2 saturated heterocycles. The van der Waals surface area contributed by atoms with Crippen molar-refractivity contribution in [3.8, 4) is 0 Å². The number of carboxylic acids is 1. The highest BCUT2D eigenvalue weighted by Gasteiger charge is 2.43. The summed E-state index contributed by atoms with van der Waals surface area (Å²) in [5.74, 6) is -1.62. The van der Waals surface area contributed by atoms with Crippen LogP contribution in [0.25, 0.3) is 0 Å². The summed E-state index contributed by atoms with van der Waals surface area (Å²) in [6.07, 6.45) is 1.35. The van der Waals surface area contributed by atoms with Gasteiger partial charge in [-0.3, -0.25) is 9.59 Å². The molecule has 21 heavy (non-hydrogen) atoms. The third-order valence-corrected chi connectivity index (χ3v) is 4.97. The maximum atomic E-state index is 12.4. The van der Waals surface area contributed by atoms with E-state index in [-0.39, 0.29) is 18.2 Å². The van der Waals surface area contributed by atoms with Gasteiger partial charge >= 0.3 is 5.97 Å². The molecule has 2 aliphatic heterocycles. The molecule has 2 aliphatic rings. The van der Waals surface area contributed by atoms with Gasteiger partial charge in [-0.25, -0.2) is 0 Å². The Labute approximate surface area is 125 Å². The molecule has 2 fully saturated rings. The Hall–Kier alpha value is -1.14. The standard InChI is InChI=1S/C15H25NO5/c1-11(2)14(3,13(18)19)10-12(17)16-6-4-15(5-7-16)20-8-9-21-15/h11H,4-10H2,1-3H3,(H,18,19). The molecule has 0 aromatic heterocycles. The van der Waals surface area contributed by atoms with Gasteiger partial charge < -0.3 is 19.5 Å². The van der Waals surface area contributed by atoms with Gasteiger partial charge in [-0.2, -0.15) is 0 Å². The Bertz CT molecular complexity index is 406. The highest BCUT2D eigenvalue weighted by Crippen LogP contribution is 2.35. The highest BCUT2D eigenvalue weighted by atomic mass is 16.7. The summed E-state index contributed by atoms with van der Waals surface area (Å²) in [7, 11) is 0. The molecule has 0 saturated carbocycles. The number of carbonyl (C=O) groups excluding carboxylic acids is 1. The summed E-state index contributed by atoms with van der Waals surface area (Å²) in [6.45, 7) is 7.67. The Kier molecular flexibility index (Phi) is 4.58. The van der Waals surface area contributed by atoms with Crippen molar-refractivity contribution in [3.05, 3.63) is 0 Å². The molecule has 1 N–H and O–H groups in total. The normalized spacial score (nSPS) is 24.3. The van der Waals surface area contributed by atoms with Gasteiger partial charge in [0.15, 0.2) is 5.79 Å². The lowest BCUT2D eigenvalue weighted by atomic mass is 9.76. The molecule has 0 aromatic carbocycles. The highest BCUT2D eigenvalue weighted by molar-refractivity contribution is 5.85. The second-order valence-electron chi connectivity index (χ2n) is 6.54. The lowest BCUT2D eigenvalue weighted by Gasteiger charge is -2.39.